The van der Waals surface area contributed by atoms with Crippen LogP contribution >= 0.6 is 0 Å². The van der Waals surface area contributed by atoms with Gasteiger partial charge >= 0.3 is 0 Å². The van der Waals surface area contributed by atoms with E-state index in [1.807, 2.05) is 0 Å². The molecular formula is C18H22N6O. The van der Waals surface area contributed by atoms with Gasteiger partial charge in [-0.15, -0.1) is 0 Å². The molecule has 25 heavy (non-hydrogen) atoms. The average molecular weight is 338 g/mol. The number of aryl methyl sites for hydroxylation is 1. The van der Waals surface area contributed by atoms with Crippen LogP contribution in [0, 0.1) is 6.92 Å². The molecule has 7 nitrogen and oxygen atoms in total. The van der Waals surface area contributed by atoms with Crippen LogP contribution in [0.3, 0.4) is 0 Å². The molecular weight excluding hydrogens is 316 g/mol. The SMILES string of the molecule is Cc1cccc([C@@H](CNc2ncnc3nc[nH]c23)N2CCOCC2)c1. The zero-order chi connectivity index (χ0) is 17.1. The first-order chi connectivity index (χ1) is 12.3. The van der Waals surface area contributed by atoms with Gasteiger partial charge in [0.1, 0.15) is 11.8 Å². The van der Waals surface area contributed by atoms with E-state index in [9.17, 15) is 0 Å². The number of hydrogen-bond acceptors (Lipinski definition) is 6. The molecule has 0 amide bonds. The van der Waals surface area contributed by atoms with Gasteiger partial charge in [0.15, 0.2) is 11.5 Å². The summed E-state index contributed by atoms with van der Waals surface area (Å²) < 4.78 is 5.52. The van der Waals surface area contributed by atoms with Gasteiger partial charge in [-0.05, 0) is 12.5 Å². The number of H-pyrrole nitrogens is 1. The summed E-state index contributed by atoms with van der Waals surface area (Å²) in [5.41, 5.74) is 4.10. The van der Waals surface area contributed by atoms with Crippen LogP contribution in [-0.2, 0) is 4.74 Å². The molecule has 1 aliphatic heterocycles. The lowest BCUT2D eigenvalue weighted by Gasteiger charge is -2.35. The fourth-order valence-electron chi connectivity index (χ4n) is 3.32. The number of rotatable bonds is 5. The van der Waals surface area contributed by atoms with E-state index in [2.05, 4.69) is 61.3 Å². The van der Waals surface area contributed by atoms with E-state index in [1.165, 1.54) is 11.1 Å². The first kappa shape index (κ1) is 16.0. The molecule has 1 atom stereocenters. The maximum Gasteiger partial charge on any atom is 0.182 e. The maximum atomic E-state index is 5.52. The van der Waals surface area contributed by atoms with E-state index in [-0.39, 0.29) is 6.04 Å². The van der Waals surface area contributed by atoms with Gasteiger partial charge in [-0.1, -0.05) is 29.8 Å². The van der Waals surface area contributed by atoms with Crippen molar-refractivity contribution in [2.24, 2.45) is 0 Å². The van der Waals surface area contributed by atoms with Crippen LogP contribution in [0.5, 0.6) is 0 Å². The standard InChI is InChI=1S/C18H22N6O/c1-13-3-2-4-14(9-13)15(24-5-7-25-8-6-24)10-19-17-16-18(21-11-20-16)23-12-22-17/h2-4,9,11-12,15H,5-8,10H2,1H3,(H2,19,20,21,22,23)/t15-/m1/s1. The maximum absolute atomic E-state index is 5.52. The lowest BCUT2D eigenvalue weighted by Crippen LogP contribution is -2.41. The summed E-state index contributed by atoms with van der Waals surface area (Å²) >= 11 is 0. The monoisotopic (exact) mass is 338 g/mol. The third kappa shape index (κ3) is 3.47. The van der Waals surface area contributed by atoms with E-state index >= 15 is 0 Å². The molecule has 130 valence electrons. The van der Waals surface area contributed by atoms with E-state index in [0.717, 1.165) is 44.2 Å². The number of aromatic nitrogens is 4. The highest BCUT2D eigenvalue weighted by atomic mass is 16.5. The van der Waals surface area contributed by atoms with Crippen LogP contribution in [0.1, 0.15) is 17.2 Å². The number of fused-ring (bicyclic) bond motifs is 1. The zero-order valence-electron chi connectivity index (χ0n) is 14.3. The quantitative estimate of drug-likeness (QED) is 0.742. The lowest BCUT2D eigenvalue weighted by atomic mass is 10.0. The fraction of sp³-hybridized carbons (Fsp3) is 0.389. The molecule has 0 bridgehead atoms. The number of nitrogens with zero attached hydrogens (tertiary/aromatic N) is 4. The Labute approximate surface area is 146 Å². The van der Waals surface area contributed by atoms with E-state index in [4.69, 9.17) is 4.74 Å². The van der Waals surface area contributed by atoms with Gasteiger partial charge in [-0.2, -0.15) is 0 Å². The number of anilines is 1. The predicted molar refractivity (Wildman–Crippen MR) is 96.5 cm³/mol. The van der Waals surface area contributed by atoms with E-state index < -0.39 is 0 Å². The van der Waals surface area contributed by atoms with Crippen molar-refractivity contribution in [3.05, 3.63) is 48.0 Å². The number of aromatic amines is 1. The Hall–Kier alpha value is -2.51. The minimum Gasteiger partial charge on any atom is -0.379 e. The molecule has 7 heteroatoms. The highest BCUT2D eigenvalue weighted by molar-refractivity contribution is 5.81. The Bertz CT molecular complexity index is 842. The number of benzene rings is 1. The Kier molecular flexibility index (Phi) is 4.58. The van der Waals surface area contributed by atoms with Crippen molar-refractivity contribution >= 4 is 17.0 Å². The minimum absolute atomic E-state index is 0.261. The first-order valence-corrected chi connectivity index (χ1v) is 8.57. The Morgan fingerprint density at radius 2 is 2.12 bits per heavy atom. The largest absolute Gasteiger partial charge is 0.379 e. The molecule has 1 saturated heterocycles. The number of nitrogens with one attached hydrogen (secondary N) is 2. The van der Waals surface area contributed by atoms with Crippen molar-refractivity contribution in [2.75, 3.05) is 38.2 Å². The van der Waals surface area contributed by atoms with E-state index in [0.29, 0.717) is 5.65 Å². The van der Waals surface area contributed by atoms with Crippen molar-refractivity contribution in [1.29, 1.82) is 0 Å². The topological polar surface area (TPSA) is 79.0 Å². The molecule has 3 aromatic rings. The smallest absolute Gasteiger partial charge is 0.182 e. The predicted octanol–water partition coefficient (Wildman–Crippen LogP) is 2.15. The molecule has 4 rings (SSSR count). The number of ether oxygens (including phenoxy) is 1. The third-order valence-corrected chi connectivity index (χ3v) is 4.60. The van der Waals surface area contributed by atoms with E-state index in [1.54, 1.807) is 12.7 Å². The number of imidazole rings is 1. The Balaban J connectivity index is 1.58. The molecule has 0 aliphatic carbocycles. The van der Waals surface area contributed by atoms with Crippen LogP contribution in [0.15, 0.2) is 36.9 Å². The van der Waals surface area contributed by atoms with Crippen LogP contribution in [0.25, 0.3) is 11.2 Å². The molecule has 2 N–H and O–H groups in total. The van der Waals surface area contributed by atoms with Crippen molar-refractivity contribution in [3.8, 4) is 0 Å². The highest BCUT2D eigenvalue weighted by Gasteiger charge is 2.23. The molecule has 1 aromatic carbocycles. The molecule has 1 fully saturated rings. The van der Waals surface area contributed by atoms with Gasteiger partial charge in [-0.25, -0.2) is 15.0 Å². The normalized spacial score (nSPS) is 16.8. The van der Waals surface area contributed by atoms with Crippen LogP contribution in [-0.4, -0.2) is 57.7 Å². The Morgan fingerprint density at radius 3 is 2.96 bits per heavy atom. The fourth-order valence-corrected chi connectivity index (χ4v) is 3.32. The van der Waals surface area contributed by atoms with Gasteiger partial charge in [0.25, 0.3) is 0 Å². The number of morpholine rings is 1. The Morgan fingerprint density at radius 1 is 1.24 bits per heavy atom. The lowest BCUT2D eigenvalue weighted by molar-refractivity contribution is 0.0187. The number of hydrogen-bond donors (Lipinski definition) is 2. The van der Waals surface area contributed by atoms with Crippen molar-refractivity contribution in [3.63, 3.8) is 0 Å². The van der Waals surface area contributed by atoms with Gasteiger partial charge in [-0.3, -0.25) is 4.90 Å². The summed E-state index contributed by atoms with van der Waals surface area (Å²) in [7, 11) is 0. The van der Waals surface area contributed by atoms with Gasteiger partial charge < -0.3 is 15.0 Å². The molecule has 0 saturated carbocycles. The van der Waals surface area contributed by atoms with Crippen LogP contribution in [0.2, 0.25) is 0 Å². The summed E-state index contributed by atoms with van der Waals surface area (Å²) in [5, 5.41) is 3.48. The zero-order valence-corrected chi connectivity index (χ0v) is 14.3. The summed E-state index contributed by atoms with van der Waals surface area (Å²) in [6.07, 6.45) is 3.19. The highest BCUT2D eigenvalue weighted by Crippen LogP contribution is 2.24. The first-order valence-electron chi connectivity index (χ1n) is 8.57. The van der Waals surface area contributed by atoms with Crippen molar-refractivity contribution in [2.45, 2.75) is 13.0 Å². The molecule has 2 aromatic heterocycles. The molecule has 0 spiro atoms. The average Bonchev–Trinajstić information content (AvgIpc) is 3.12. The van der Waals surface area contributed by atoms with Gasteiger partial charge in [0.2, 0.25) is 0 Å². The second-order valence-electron chi connectivity index (χ2n) is 6.28. The summed E-state index contributed by atoms with van der Waals surface area (Å²) in [5.74, 6) is 0.786. The minimum atomic E-state index is 0.261. The molecule has 1 aliphatic rings. The summed E-state index contributed by atoms with van der Waals surface area (Å²) in [6, 6.07) is 8.97. The molecule has 0 radical (unpaired) electrons. The summed E-state index contributed by atoms with van der Waals surface area (Å²) in [4.78, 5) is 18.3. The van der Waals surface area contributed by atoms with Crippen LogP contribution < -0.4 is 5.32 Å². The third-order valence-electron chi connectivity index (χ3n) is 4.60. The van der Waals surface area contributed by atoms with Gasteiger partial charge in [0, 0.05) is 19.6 Å². The molecule has 0 unspecified atom stereocenters. The van der Waals surface area contributed by atoms with Gasteiger partial charge in [0.05, 0.1) is 25.6 Å². The summed E-state index contributed by atoms with van der Waals surface area (Å²) in [6.45, 7) is 6.31. The second-order valence-corrected chi connectivity index (χ2v) is 6.28. The second kappa shape index (κ2) is 7.16. The van der Waals surface area contributed by atoms with Crippen LogP contribution in [0.4, 0.5) is 5.82 Å². The van der Waals surface area contributed by atoms with Crippen molar-refractivity contribution in [1.82, 2.24) is 24.8 Å². The van der Waals surface area contributed by atoms with Crippen molar-refractivity contribution < 1.29 is 4.74 Å². The molecule has 3 heterocycles.